The van der Waals surface area contributed by atoms with Crippen LogP contribution in [0.25, 0.3) is 0 Å². The molecule has 2 aliphatic rings. The van der Waals surface area contributed by atoms with Gasteiger partial charge in [-0.3, -0.25) is 4.79 Å². The second-order valence-corrected chi connectivity index (χ2v) is 9.01. The highest BCUT2D eigenvalue weighted by Crippen LogP contribution is 2.30. The zero-order valence-corrected chi connectivity index (χ0v) is 16.9. The van der Waals surface area contributed by atoms with Gasteiger partial charge in [0.1, 0.15) is 6.10 Å². The Morgan fingerprint density at radius 2 is 1.52 bits per heavy atom. The molecule has 144 valence electrons. The SMILES string of the molecule is CC1(C)CC(OC(=O)Cc2ccc(C3C=CC=CC=C3)cc2)CC(C)(C)N1. The Labute approximate surface area is 163 Å². The summed E-state index contributed by atoms with van der Waals surface area (Å²) in [6.07, 6.45) is 14.5. The van der Waals surface area contributed by atoms with Gasteiger partial charge in [-0.25, -0.2) is 0 Å². The van der Waals surface area contributed by atoms with E-state index in [1.807, 2.05) is 24.3 Å². The quantitative estimate of drug-likeness (QED) is 0.775. The van der Waals surface area contributed by atoms with E-state index in [0.29, 0.717) is 6.42 Å². The predicted molar refractivity (Wildman–Crippen MR) is 111 cm³/mol. The molecule has 1 aromatic rings. The molecule has 1 N–H and O–H groups in total. The molecule has 3 nitrogen and oxygen atoms in total. The van der Waals surface area contributed by atoms with Gasteiger partial charge in [0, 0.05) is 29.8 Å². The van der Waals surface area contributed by atoms with Crippen LogP contribution in [0.15, 0.2) is 60.7 Å². The molecule has 3 heteroatoms. The monoisotopic (exact) mass is 365 g/mol. The van der Waals surface area contributed by atoms with Crippen molar-refractivity contribution in [1.29, 1.82) is 0 Å². The fourth-order valence-electron chi connectivity index (χ4n) is 4.35. The van der Waals surface area contributed by atoms with Crippen LogP contribution in [0.2, 0.25) is 0 Å². The van der Waals surface area contributed by atoms with Crippen molar-refractivity contribution in [3.63, 3.8) is 0 Å². The van der Waals surface area contributed by atoms with Crippen LogP contribution in [0.1, 0.15) is 57.6 Å². The lowest BCUT2D eigenvalue weighted by atomic mass is 9.81. The van der Waals surface area contributed by atoms with E-state index >= 15 is 0 Å². The minimum absolute atomic E-state index is 0.0249. The molecule has 0 bridgehead atoms. The molecule has 1 fully saturated rings. The summed E-state index contributed by atoms with van der Waals surface area (Å²) in [6, 6.07) is 8.27. The van der Waals surface area contributed by atoms with Crippen molar-refractivity contribution in [2.24, 2.45) is 0 Å². The maximum absolute atomic E-state index is 12.5. The van der Waals surface area contributed by atoms with Crippen LogP contribution in [0.4, 0.5) is 0 Å². The number of hydrogen-bond donors (Lipinski definition) is 1. The van der Waals surface area contributed by atoms with E-state index in [4.69, 9.17) is 4.74 Å². The van der Waals surface area contributed by atoms with Crippen LogP contribution < -0.4 is 5.32 Å². The largest absolute Gasteiger partial charge is 0.462 e. The molecule has 0 aromatic heterocycles. The van der Waals surface area contributed by atoms with Gasteiger partial charge in [-0.15, -0.1) is 0 Å². The van der Waals surface area contributed by atoms with Gasteiger partial charge in [0.25, 0.3) is 0 Å². The average molecular weight is 366 g/mol. The highest BCUT2D eigenvalue weighted by atomic mass is 16.5. The van der Waals surface area contributed by atoms with Gasteiger partial charge in [0.2, 0.25) is 0 Å². The normalized spacial score (nSPS) is 21.8. The number of benzene rings is 1. The summed E-state index contributed by atoms with van der Waals surface area (Å²) in [5.41, 5.74) is 2.17. The Morgan fingerprint density at radius 1 is 0.963 bits per heavy atom. The molecule has 0 saturated carbocycles. The number of rotatable bonds is 4. The van der Waals surface area contributed by atoms with Gasteiger partial charge >= 0.3 is 5.97 Å². The van der Waals surface area contributed by atoms with Crippen molar-refractivity contribution < 1.29 is 9.53 Å². The molecule has 27 heavy (non-hydrogen) atoms. The van der Waals surface area contributed by atoms with Crippen molar-refractivity contribution in [2.75, 3.05) is 0 Å². The van der Waals surface area contributed by atoms with Crippen molar-refractivity contribution in [1.82, 2.24) is 5.32 Å². The van der Waals surface area contributed by atoms with Gasteiger partial charge in [-0.1, -0.05) is 60.7 Å². The Morgan fingerprint density at radius 3 is 2.07 bits per heavy atom. The second-order valence-electron chi connectivity index (χ2n) is 9.01. The third kappa shape index (κ3) is 5.67. The van der Waals surface area contributed by atoms with Gasteiger partial charge in [-0.05, 0) is 38.8 Å². The fraction of sp³-hybridized carbons (Fsp3) is 0.458. The summed E-state index contributed by atoms with van der Waals surface area (Å²) in [6.45, 7) is 8.66. The molecule has 0 spiro atoms. The smallest absolute Gasteiger partial charge is 0.310 e. The van der Waals surface area contributed by atoms with Gasteiger partial charge in [0.05, 0.1) is 6.42 Å². The van der Waals surface area contributed by atoms with Crippen molar-refractivity contribution in [2.45, 2.75) is 70.1 Å². The van der Waals surface area contributed by atoms with E-state index in [2.05, 4.69) is 69.4 Å². The minimum atomic E-state index is -0.139. The number of hydrogen-bond acceptors (Lipinski definition) is 3. The zero-order valence-electron chi connectivity index (χ0n) is 16.9. The Balaban J connectivity index is 1.58. The van der Waals surface area contributed by atoms with Crippen LogP contribution in [0.3, 0.4) is 0 Å². The lowest BCUT2D eigenvalue weighted by Gasteiger charge is -2.45. The number of allylic oxidation sites excluding steroid dienone is 6. The molecule has 1 saturated heterocycles. The molecule has 0 atom stereocenters. The van der Waals surface area contributed by atoms with Crippen LogP contribution in [0.5, 0.6) is 0 Å². The lowest BCUT2D eigenvalue weighted by Crippen LogP contribution is -2.59. The van der Waals surface area contributed by atoms with Gasteiger partial charge < -0.3 is 10.1 Å². The third-order valence-electron chi connectivity index (χ3n) is 5.13. The standard InChI is InChI=1S/C24H31NO2/c1-23(2)16-21(17-24(3,4)25-23)27-22(26)15-18-11-13-20(14-12-18)19-9-7-5-6-8-10-19/h5-14,19,21,25H,15-17H2,1-4H3. The highest BCUT2D eigenvalue weighted by Gasteiger charge is 2.39. The maximum Gasteiger partial charge on any atom is 0.310 e. The lowest BCUT2D eigenvalue weighted by molar-refractivity contribution is -0.152. The van der Waals surface area contributed by atoms with E-state index in [-0.39, 0.29) is 29.1 Å². The Bertz CT molecular complexity index is 721. The van der Waals surface area contributed by atoms with E-state index in [1.165, 1.54) is 5.56 Å². The molecule has 0 unspecified atom stereocenters. The minimum Gasteiger partial charge on any atom is -0.462 e. The number of ether oxygens (including phenoxy) is 1. The van der Waals surface area contributed by atoms with Crippen LogP contribution in [0, 0.1) is 0 Å². The highest BCUT2D eigenvalue weighted by molar-refractivity contribution is 5.72. The number of esters is 1. The topological polar surface area (TPSA) is 38.3 Å². The van der Waals surface area contributed by atoms with Crippen LogP contribution in [-0.4, -0.2) is 23.2 Å². The summed E-state index contributed by atoms with van der Waals surface area (Å²) in [7, 11) is 0. The molecule has 3 rings (SSSR count). The average Bonchev–Trinajstić information content (AvgIpc) is 2.81. The van der Waals surface area contributed by atoms with E-state index < -0.39 is 0 Å². The summed E-state index contributed by atoms with van der Waals surface area (Å²) in [5.74, 6) is 0.139. The van der Waals surface area contributed by atoms with E-state index in [9.17, 15) is 4.79 Å². The fourth-order valence-corrected chi connectivity index (χ4v) is 4.35. The molecule has 1 aromatic carbocycles. The van der Waals surface area contributed by atoms with Crippen molar-refractivity contribution in [3.05, 3.63) is 71.8 Å². The number of carbonyl (C=O) groups is 1. The van der Waals surface area contributed by atoms with Crippen LogP contribution >= 0.6 is 0 Å². The predicted octanol–water partition coefficient (Wildman–Crippen LogP) is 4.85. The van der Waals surface area contributed by atoms with Crippen molar-refractivity contribution in [3.8, 4) is 0 Å². The second kappa shape index (κ2) is 7.85. The third-order valence-corrected chi connectivity index (χ3v) is 5.13. The van der Waals surface area contributed by atoms with Crippen molar-refractivity contribution >= 4 is 5.97 Å². The zero-order chi connectivity index (χ0) is 19.5. The first-order chi connectivity index (χ1) is 12.7. The molecular formula is C24H31NO2. The Hall–Kier alpha value is -2.13. The Kier molecular flexibility index (Phi) is 5.71. The first-order valence-corrected chi connectivity index (χ1v) is 9.82. The van der Waals surface area contributed by atoms with Crippen LogP contribution in [-0.2, 0) is 16.0 Å². The number of nitrogens with one attached hydrogen (secondary N) is 1. The van der Waals surface area contributed by atoms with E-state index in [0.717, 1.165) is 18.4 Å². The molecule has 0 radical (unpaired) electrons. The molecule has 1 aliphatic carbocycles. The molecule has 1 heterocycles. The maximum atomic E-state index is 12.5. The molecular weight excluding hydrogens is 334 g/mol. The molecule has 0 amide bonds. The summed E-state index contributed by atoms with van der Waals surface area (Å²) in [4.78, 5) is 12.5. The summed E-state index contributed by atoms with van der Waals surface area (Å²) in [5, 5.41) is 3.62. The summed E-state index contributed by atoms with van der Waals surface area (Å²) >= 11 is 0. The first-order valence-electron chi connectivity index (χ1n) is 9.82. The number of carbonyl (C=O) groups excluding carboxylic acids is 1. The first kappa shape index (κ1) is 19.6. The van der Waals surface area contributed by atoms with Gasteiger partial charge in [-0.2, -0.15) is 0 Å². The molecule has 1 aliphatic heterocycles. The van der Waals surface area contributed by atoms with E-state index in [1.54, 1.807) is 0 Å². The summed E-state index contributed by atoms with van der Waals surface area (Å²) < 4.78 is 5.82. The van der Waals surface area contributed by atoms with Gasteiger partial charge in [0.15, 0.2) is 0 Å². The number of piperidine rings is 1.